The van der Waals surface area contributed by atoms with Crippen LogP contribution < -0.4 is 5.32 Å². The van der Waals surface area contributed by atoms with E-state index in [0.29, 0.717) is 6.61 Å². The maximum Gasteiger partial charge on any atom is 0.0707 e. The minimum absolute atomic E-state index is 0.0438. The van der Waals surface area contributed by atoms with Crippen molar-refractivity contribution < 1.29 is 9.47 Å². The molecule has 0 aromatic rings. The van der Waals surface area contributed by atoms with Gasteiger partial charge < -0.3 is 14.8 Å². The van der Waals surface area contributed by atoms with E-state index in [-0.39, 0.29) is 5.60 Å². The van der Waals surface area contributed by atoms with E-state index in [0.717, 1.165) is 19.3 Å². The molecule has 0 heterocycles. The number of nitrogens with one attached hydrogen (secondary N) is 1. The Kier molecular flexibility index (Phi) is 7.09. The molecular weight excluding hydrogens is 214 g/mol. The molecule has 0 amide bonds. The Morgan fingerprint density at radius 3 is 2.41 bits per heavy atom. The highest BCUT2D eigenvalue weighted by Crippen LogP contribution is 2.18. The van der Waals surface area contributed by atoms with Crippen molar-refractivity contribution in [3.63, 3.8) is 0 Å². The Labute approximate surface area is 106 Å². The quantitative estimate of drug-likeness (QED) is 0.598. The van der Waals surface area contributed by atoms with Crippen molar-refractivity contribution in [2.24, 2.45) is 0 Å². The summed E-state index contributed by atoms with van der Waals surface area (Å²) in [4.78, 5) is 0. The van der Waals surface area contributed by atoms with E-state index >= 15 is 0 Å². The number of unbranched alkanes of at least 4 members (excludes halogenated alkanes) is 2. The molecular formula is C14H29NO2. The van der Waals surface area contributed by atoms with Gasteiger partial charge in [0.2, 0.25) is 0 Å². The summed E-state index contributed by atoms with van der Waals surface area (Å²) in [5, 5.41) is 3.52. The van der Waals surface area contributed by atoms with Crippen LogP contribution in [-0.4, -0.2) is 38.0 Å². The summed E-state index contributed by atoms with van der Waals surface area (Å²) in [6, 6.07) is 0.848. The highest BCUT2D eigenvalue weighted by molar-refractivity contribution is 4.80. The van der Waals surface area contributed by atoms with Crippen molar-refractivity contribution in [1.82, 2.24) is 5.32 Å². The first-order chi connectivity index (χ1) is 8.08. The first-order valence-corrected chi connectivity index (χ1v) is 7.03. The van der Waals surface area contributed by atoms with Crippen LogP contribution in [0.4, 0.5) is 0 Å². The molecule has 0 aromatic heterocycles. The largest absolute Gasteiger partial charge is 0.379 e. The van der Waals surface area contributed by atoms with Gasteiger partial charge >= 0.3 is 0 Å². The molecule has 0 saturated heterocycles. The lowest BCUT2D eigenvalue weighted by Gasteiger charge is -2.19. The first kappa shape index (κ1) is 14.9. The van der Waals surface area contributed by atoms with Gasteiger partial charge in [0.15, 0.2) is 0 Å². The third kappa shape index (κ3) is 10.7. The van der Waals surface area contributed by atoms with Crippen LogP contribution >= 0.6 is 0 Å². The van der Waals surface area contributed by atoms with Crippen molar-refractivity contribution in [2.45, 2.75) is 64.5 Å². The highest BCUT2D eigenvalue weighted by Gasteiger charge is 2.19. The van der Waals surface area contributed by atoms with E-state index in [1.54, 1.807) is 0 Å². The van der Waals surface area contributed by atoms with Crippen LogP contribution in [0.3, 0.4) is 0 Å². The summed E-state index contributed by atoms with van der Waals surface area (Å²) in [6.07, 6.45) is 6.48. The van der Waals surface area contributed by atoms with Crippen molar-refractivity contribution in [1.29, 1.82) is 0 Å². The predicted molar refractivity (Wildman–Crippen MR) is 71.4 cm³/mol. The maximum atomic E-state index is 5.57. The molecule has 3 heteroatoms. The van der Waals surface area contributed by atoms with Crippen LogP contribution in [0, 0.1) is 0 Å². The third-order valence-corrected chi connectivity index (χ3v) is 2.74. The van der Waals surface area contributed by atoms with Gasteiger partial charge in [-0.15, -0.1) is 0 Å². The fraction of sp³-hybridized carbons (Fsp3) is 1.00. The maximum absolute atomic E-state index is 5.57. The SMILES string of the molecule is CC(C)(C)OCCOCCCCCNC1CC1. The lowest BCUT2D eigenvalue weighted by Crippen LogP contribution is -2.22. The summed E-state index contributed by atoms with van der Waals surface area (Å²) in [7, 11) is 0. The van der Waals surface area contributed by atoms with E-state index < -0.39 is 0 Å². The molecule has 1 N–H and O–H groups in total. The summed E-state index contributed by atoms with van der Waals surface area (Å²) >= 11 is 0. The standard InChI is InChI=1S/C14H29NO2/c1-14(2,3)17-12-11-16-10-6-4-5-9-15-13-7-8-13/h13,15H,4-12H2,1-3H3. The van der Waals surface area contributed by atoms with Crippen molar-refractivity contribution in [3.8, 4) is 0 Å². The Bertz CT molecular complexity index is 185. The van der Waals surface area contributed by atoms with Gasteiger partial charge in [0.25, 0.3) is 0 Å². The number of hydrogen-bond donors (Lipinski definition) is 1. The second kappa shape index (κ2) is 8.06. The molecule has 1 saturated carbocycles. The van der Waals surface area contributed by atoms with E-state index in [4.69, 9.17) is 9.47 Å². The van der Waals surface area contributed by atoms with Gasteiger partial charge in [-0.2, -0.15) is 0 Å². The molecule has 1 aliphatic rings. The summed E-state index contributed by atoms with van der Waals surface area (Å²) in [5.74, 6) is 0. The fourth-order valence-corrected chi connectivity index (χ4v) is 1.61. The van der Waals surface area contributed by atoms with Crippen LogP contribution in [0.1, 0.15) is 52.9 Å². The highest BCUT2D eigenvalue weighted by atomic mass is 16.5. The average molecular weight is 243 g/mol. The van der Waals surface area contributed by atoms with Gasteiger partial charge in [-0.25, -0.2) is 0 Å². The Balaban J connectivity index is 1.69. The zero-order valence-corrected chi connectivity index (χ0v) is 11.8. The molecule has 0 spiro atoms. The Morgan fingerprint density at radius 2 is 1.76 bits per heavy atom. The van der Waals surface area contributed by atoms with Crippen molar-refractivity contribution >= 4 is 0 Å². The second-order valence-corrected chi connectivity index (χ2v) is 5.86. The van der Waals surface area contributed by atoms with Crippen LogP contribution in [0.15, 0.2) is 0 Å². The molecule has 0 unspecified atom stereocenters. The third-order valence-electron chi connectivity index (χ3n) is 2.74. The lowest BCUT2D eigenvalue weighted by atomic mass is 10.2. The molecule has 0 atom stereocenters. The van der Waals surface area contributed by atoms with E-state index in [9.17, 15) is 0 Å². The van der Waals surface area contributed by atoms with E-state index in [1.807, 2.05) is 0 Å². The molecule has 1 fully saturated rings. The van der Waals surface area contributed by atoms with Gasteiger partial charge in [0, 0.05) is 12.6 Å². The van der Waals surface area contributed by atoms with Gasteiger partial charge in [0.05, 0.1) is 18.8 Å². The minimum Gasteiger partial charge on any atom is -0.379 e. The second-order valence-electron chi connectivity index (χ2n) is 5.86. The Hall–Kier alpha value is -0.120. The lowest BCUT2D eigenvalue weighted by molar-refractivity contribution is -0.0351. The Morgan fingerprint density at radius 1 is 1.00 bits per heavy atom. The van der Waals surface area contributed by atoms with Crippen LogP contribution in [-0.2, 0) is 9.47 Å². The summed E-state index contributed by atoms with van der Waals surface area (Å²) in [6.45, 7) is 9.68. The first-order valence-electron chi connectivity index (χ1n) is 7.03. The zero-order chi connectivity index (χ0) is 12.6. The van der Waals surface area contributed by atoms with E-state index in [1.165, 1.54) is 38.6 Å². The molecule has 0 aliphatic heterocycles. The topological polar surface area (TPSA) is 30.5 Å². The van der Waals surface area contributed by atoms with Crippen LogP contribution in [0.25, 0.3) is 0 Å². The summed E-state index contributed by atoms with van der Waals surface area (Å²) < 4.78 is 11.1. The van der Waals surface area contributed by atoms with Gasteiger partial charge in [-0.3, -0.25) is 0 Å². The van der Waals surface area contributed by atoms with Crippen LogP contribution in [0.5, 0.6) is 0 Å². The zero-order valence-electron chi connectivity index (χ0n) is 11.8. The van der Waals surface area contributed by atoms with Gasteiger partial charge in [0.1, 0.15) is 0 Å². The minimum atomic E-state index is -0.0438. The monoisotopic (exact) mass is 243 g/mol. The van der Waals surface area contributed by atoms with Crippen molar-refractivity contribution in [2.75, 3.05) is 26.4 Å². The molecule has 3 nitrogen and oxygen atoms in total. The van der Waals surface area contributed by atoms with Crippen molar-refractivity contribution in [3.05, 3.63) is 0 Å². The molecule has 0 radical (unpaired) electrons. The number of ether oxygens (including phenoxy) is 2. The molecule has 1 aliphatic carbocycles. The molecule has 102 valence electrons. The van der Waals surface area contributed by atoms with E-state index in [2.05, 4.69) is 26.1 Å². The average Bonchev–Trinajstić information content (AvgIpc) is 3.03. The molecule has 0 aromatic carbocycles. The molecule has 1 rings (SSSR count). The fourth-order valence-electron chi connectivity index (χ4n) is 1.61. The normalized spacial score (nSPS) is 16.4. The molecule has 0 bridgehead atoms. The van der Waals surface area contributed by atoms with Gasteiger partial charge in [-0.05, 0) is 59.4 Å². The number of hydrogen-bond acceptors (Lipinski definition) is 3. The predicted octanol–water partition coefficient (Wildman–Crippen LogP) is 2.74. The van der Waals surface area contributed by atoms with Gasteiger partial charge in [-0.1, -0.05) is 0 Å². The number of rotatable bonds is 10. The smallest absolute Gasteiger partial charge is 0.0707 e. The molecule has 17 heavy (non-hydrogen) atoms. The summed E-state index contributed by atoms with van der Waals surface area (Å²) in [5.41, 5.74) is -0.0438. The van der Waals surface area contributed by atoms with Crippen LogP contribution in [0.2, 0.25) is 0 Å².